The molecule has 0 aliphatic heterocycles. The van der Waals surface area contributed by atoms with Crippen LogP contribution in [0.25, 0.3) is 11.0 Å². The lowest BCUT2D eigenvalue weighted by Crippen LogP contribution is -2.27. The molecule has 136 valence electrons. The molecule has 0 saturated heterocycles. The first kappa shape index (κ1) is 17.7. The molecular weight excluding hydrogens is 332 g/mol. The highest BCUT2D eigenvalue weighted by molar-refractivity contribution is 6.05. The van der Waals surface area contributed by atoms with Crippen LogP contribution in [-0.2, 0) is 7.05 Å². The Labute approximate surface area is 151 Å². The normalized spacial score (nSPS) is 12.0. The predicted octanol–water partition coefficient (Wildman–Crippen LogP) is 2.78. The summed E-state index contributed by atoms with van der Waals surface area (Å²) in [6, 6.07) is 7.17. The van der Waals surface area contributed by atoms with Gasteiger partial charge in [0, 0.05) is 12.7 Å². The van der Waals surface area contributed by atoms with E-state index in [1.54, 1.807) is 31.2 Å². The predicted molar refractivity (Wildman–Crippen MR) is 98.7 cm³/mol. The molecule has 7 heteroatoms. The molecule has 0 radical (unpaired) electrons. The van der Waals surface area contributed by atoms with Gasteiger partial charge >= 0.3 is 0 Å². The smallest absolute Gasteiger partial charge is 0.252 e. The number of hydrogen-bond donors (Lipinski definition) is 1. The van der Waals surface area contributed by atoms with Crippen LogP contribution in [0.15, 0.2) is 30.5 Å². The largest absolute Gasteiger partial charge is 0.493 e. The van der Waals surface area contributed by atoms with E-state index in [1.807, 2.05) is 39.1 Å². The van der Waals surface area contributed by atoms with Gasteiger partial charge in [0.1, 0.15) is 0 Å². The molecule has 1 amide bonds. The number of benzene rings is 1. The summed E-state index contributed by atoms with van der Waals surface area (Å²) in [7, 11) is 4.99. The second-order valence-electron chi connectivity index (χ2n) is 6.13. The average Bonchev–Trinajstić information content (AvgIpc) is 3.01. The van der Waals surface area contributed by atoms with E-state index in [1.165, 1.54) is 0 Å². The number of carbonyl (C=O) groups excluding carboxylic acids is 1. The first-order valence-corrected chi connectivity index (χ1v) is 8.26. The van der Waals surface area contributed by atoms with E-state index in [4.69, 9.17) is 9.47 Å². The van der Waals surface area contributed by atoms with E-state index in [-0.39, 0.29) is 11.9 Å². The number of methoxy groups -OCH3 is 2. The van der Waals surface area contributed by atoms with Crippen LogP contribution in [-0.4, -0.2) is 34.9 Å². The van der Waals surface area contributed by atoms with Crippen molar-refractivity contribution in [2.24, 2.45) is 7.05 Å². The van der Waals surface area contributed by atoms with Crippen LogP contribution in [0.1, 0.15) is 34.6 Å². The van der Waals surface area contributed by atoms with Gasteiger partial charge in [0.15, 0.2) is 17.1 Å². The number of nitrogens with zero attached hydrogens (tertiary/aromatic N) is 3. The fourth-order valence-electron chi connectivity index (χ4n) is 2.91. The molecule has 2 aromatic heterocycles. The molecule has 0 spiro atoms. The first-order valence-electron chi connectivity index (χ1n) is 8.26. The van der Waals surface area contributed by atoms with Gasteiger partial charge in [-0.3, -0.25) is 9.48 Å². The van der Waals surface area contributed by atoms with Crippen LogP contribution in [0.2, 0.25) is 0 Å². The molecule has 0 bridgehead atoms. The molecule has 26 heavy (non-hydrogen) atoms. The van der Waals surface area contributed by atoms with Crippen LogP contribution in [0.5, 0.6) is 11.5 Å². The quantitative estimate of drug-likeness (QED) is 0.762. The maximum absolute atomic E-state index is 12.8. The fraction of sp³-hybridized carbons (Fsp3) is 0.316. The van der Waals surface area contributed by atoms with Crippen LogP contribution >= 0.6 is 0 Å². The second kappa shape index (κ2) is 7.03. The van der Waals surface area contributed by atoms with Crippen molar-refractivity contribution < 1.29 is 14.3 Å². The Kier molecular flexibility index (Phi) is 4.79. The summed E-state index contributed by atoms with van der Waals surface area (Å²) in [4.78, 5) is 17.3. The number of aromatic nitrogens is 3. The van der Waals surface area contributed by atoms with Gasteiger partial charge in [0.2, 0.25) is 0 Å². The van der Waals surface area contributed by atoms with E-state index in [9.17, 15) is 4.79 Å². The summed E-state index contributed by atoms with van der Waals surface area (Å²) in [5.41, 5.74) is 2.94. The van der Waals surface area contributed by atoms with E-state index >= 15 is 0 Å². The van der Waals surface area contributed by atoms with Gasteiger partial charge in [-0.1, -0.05) is 6.07 Å². The maximum Gasteiger partial charge on any atom is 0.252 e. The molecule has 1 atom stereocenters. The third-order valence-electron chi connectivity index (χ3n) is 4.33. The van der Waals surface area contributed by atoms with Crippen molar-refractivity contribution in [3.05, 3.63) is 47.3 Å². The number of ether oxygens (including phenoxy) is 2. The molecule has 1 N–H and O–H groups in total. The maximum atomic E-state index is 12.8. The topological polar surface area (TPSA) is 78.3 Å². The standard InChI is InChI=1S/C19H22N4O3/c1-11-8-14(15-10-20-23(3)18(15)21-11)19(24)22-12(2)13-6-7-16(25-4)17(9-13)26-5/h6-10,12H,1-5H3,(H,22,24). The third-order valence-corrected chi connectivity index (χ3v) is 4.33. The molecule has 1 aromatic carbocycles. The number of fused-ring (bicyclic) bond motifs is 1. The van der Waals surface area contributed by atoms with Crippen LogP contribution in [0, 0.1) is 6.92 Å². The first-order chi connectivity index (χ1) is 12.4. The summed E-state index contributed by atoms with van der Waals surface area (Å²) in [6.07, 6.45) is 1.66. The Morgan fingerprint density at radius 3 is 2.62 bits per heavy atom. The minimum atomic E-state index is -0.206. The SMILES string of the molecule is COc1ccc(C(C)NC(=O)c2cc(C)nc3c2cnn3C)cc1OC. The highest BCUT2D eigenvalue weighted by Crippen LogP contribution is 2.30. The van der Waals surface area contributed by atoms with Crippen molar-refractivity contribution in [1.29, 1.82) is 0 Å². The number of aryl methyl sites for hydroxylation is 2. The van der Waals surface area contributed by atoms with Gasteiger partial charge in [0.05, 0.1) is 37.4 Å². The molecular formula is C19H22N4O3. The van der Waals surface area contributed by atoms with Crippen molar-refractivity contribution in [3.63, 3.8) is 0 Å². The molecule has 2 heterocycles. The Bertz CT molecular complexity index is 965. The summed E-state index contributed by atoms with van der Waals surface area (Å²) < 4.78 is 12.3. The lowest BCUT2D eigenvalue weighted by atomic mass is 10.1. The minimum Gasteiger partial charge on any atom is -0.493 e. The summed E-state index contributed by atoms with van der Waals surface area (Å²) in [5.74, 6) is 1.10. The Balaban J connectivity index is 1.88. The Morgan fingerprint density at radius 2 is 1.92 bits per heavy atom. The fourth-order valence-corrected chi connectivity index (χ4v) is 2.91. The van der Waals surface area contributed by atoms with Gasteiger partial charge in [-0.05, 0) is 37.6 Å². The Morgan fingerprint density at radius 1 is 1.19 bits per heavy atom. The number of amides is 1. The molecule has 3 aromatic rings. The number of carbonyl (C=O) groups is 1. The van der Waals surface area contributed by atoms with Crippen molar-refractivity contribution in [2.45, 2.75) is 19.9 Å². The minimum absolute atomic E-state index is 0.171. The highest BCUT2D eigenvalue weighted by atomic mass is 16.5. The molecule has 1 unspecified atom stereocenters. The van der Waals surface area contributed by atoms with E-state index in [0.29, 0.717) is 22.7 Å². The lowest BCUT2D eigenvalue weighted by molar-refractivity contribution is 0.0941. The lowest BCUT2D eigenvalue weighted by Gasteiger charge is -2.17. The number of rotatable bonds is 5. The molecule has 3 rings (SSSR count). The molecule has 0 saturated carbocycles. The van der Waals surface area contributed by atoms with Crippen molar-refractivity contribution in [1.82, 2.24) is 20.1 Å². The average molecular weight is 354 g/mol. The third kappa shape index (κ3) is 3.20. The summed E-state index contributed by atoms with van der Waals surface area (Å²) in [6.45, 7) is 3.79. The second-order valence-corrected chi connectivity index (χ2v) is 6.13. The zero-order valence-electron chi connectivity index (χ0n) is 15.5. The van der Waals surface area contributed by atoms with Crippen LogP contribution in [0.4, 0.5) is 0 Å². The zero-order valence-corrected chi connectivity index (χ0v) is 15.5. The van der Waals surface area contributed by atoms with Crippen molar-refractivity contribution in [3.8, 4) is 11.5 Å². The van der Waals surface area contributed by atoms with E-state index in [0.717, 1.165) is 16.6 Å². The summed E-state index contributed by atoms with van der Waals surface area (Å²) in [5, 5.41) is 7.96. The van der Waals surface area contributed by atoms with Gasteiger partial charge in [0.25, 0.3) is 5.91 Å². The van der Waals surface area contributed by atoms with E-state index in [2.05, 4.69) is 15.4 Å². The highest BCUT2D eigenvalue weighted by Gasteiger charge is 2.18. The van der Waals surface area contributed by atoms with Gasteiger partial charge < -0.3 is 14.8 Å². The number of hydrogen-bond acceptors (Lipinski definition) is 5. The molecule has 0 aliphatic rings. The number of nitrogens with one attached hydrogen (secondary N) is 1. The van der Waals surface area contributed by atoms with E-state index < -0.39 is 0 Å². The van der Waals surface area contributed by atoms with Gasteiger partial charge in [-0.2, -0.15) is 5.10 Å². The van der Waals surface area contributed by atoms with Crippen LogP contribution < -0.4 is 14.8 Å². The van der Waals surface area contributed by atoms with Gasteiger partial charge in [-0.25, -0.2) is 4.98 Å². The Hall–Kier alpha value is -3.09. The van der Waals surface area contributed by atoms with Crippen molar-refractivity contribution >= 4 is 16.9 Å². The monoisotopic (exact) mass is 354 g/mol. The zero-order chi connectivity index (χ0) is 18.8. The molecule has 0 fully saturated rings. The molecule has 7 nitrogen and oxygen atoms in total. The molecule has 0 aliphatic carbocycles. The number of pyridine rings is 1. The van der Waals surface area contributed by atoms with Crippen LogP contribution in [0.3, 0.4) is 0 Å². The van der Waals surface area contributed by atoms with Gasteiger partial charge in [-0.15, -0.1) is 0 Å². The summed E-state index contributed by atoms with van der Waals surface area (Å²) >= 11 is 0. The van der Waals surface area contributed by atoms with Crippen molar-refractivity contribution in [2.75, 3.05) is 14.2 Å².